The minimum Gasteiger partial charge on any atom is -0.487 e. The Morgan fingerprint density at radius 1 is 0.743 bits per heavy atom. The van der Waals surface area contributed by atoms with Crippen molar-refractivity contribution >= 4 is 42.2 Å². The smallest absolute Gasteiger partial charge is 0.411 e. The van der Waals surface area contributed by atoms with Crippen LogP contribution >= 0.6 is 0 Å². The molecule has 368 valence electrons. The molecule has 1 aromatic heterocycles. The lowest BCUT2D eigenvalue weighted by Crippen LogP contribution is -2.45. The van der Waals surface area contributed by atoms with Crippen LogP contribution < -0.4 is 15.6 Å². The first-order valence-corrected chi connectivity index (χ1v) is 28.1. The average Bonchev–Trinajstić information content (AvgIpc) is 3.38. The van der Waals surface area contributed by atoms with Gasteiger partial charge in [-0.05, 0) is 92.3 Å². The van der Waals surface area contributed by atoms with Crippen molar-refractivity contribution in [2.45, 2.75) is 116 Å². The summed E-state index contributed by atoms with van der Waals surface area (Å²) in [5.74, 6) is 0.638. The predicted octanol–water partition coefficient (Wildman–Crippen LogP) is 12.5. The zero-order valence-electron chi connectivity index (χ0n) is 41.7. The van der Waals surface area contributed by atoms with E-state index in [1.54, 1.807) is 6.07 Å². The number of nitrogens with one attached hydrogen (secondary N) is 2. The van der Waals surface area contributed by atoms with Gasteiger partial charge in [-0.2, -0.15) is 0 Å². The van der Waals surface area contributed by atoms with E-state index in [0.29, 0.717) is 17.9 Å². The van der Waals surface area contributed by atoms with Crippen molar-refractivity contribution in [2.75, 3.05) is 38.0 Å². The number of amides is 1. The van der Waals surface area contributed by atoms with E-state index >= 15 is 0 Å². The number of pyridine rings is 1. The van der Waals surface area contributed by atoms with Crippen LogP contribution in [0.1, 0.15) is 94.2 Å². The monoisotopic (exact) mass is 976 g/mol. The minimum atomic E-state index is -0.438. The van der Waals surface area contributed by atoms with Gasteiger partial charge in [0.05, 0.1) is 11.2 Å². The number of aromatic nitrogens is 1. The summed E-state index contributed by atoms with van der Waals surface area (Å²) >= 11 is 0. The number of H-pyrrole nitrogens is 1. The van der Waals surface area contributed by atoms with Crippen LogP contribution in [0.25, 0.3) is 22.0 Å². The summed E-state index contributed by atoms with van der Waals surface area (Å²) in [6.07, 6.45) is 9.28. The molecule has 70 heavy (non-hydrogen) atoms. The number of carbonyl (C=O) groups is 1. The molecular formula is C58H72N4O6Si2. The highest BCUT2D eigenvalue weighted by molar-refractivity contribution is 6.26. The van der Waals surface area contributed by atoms with Gasteiger partial charge < -0.3 is 28.2 Å². The highest BCUT2D eigenvalue weighted by atomic mass is 28.2. The van der Waals surface area contributed by atoms with E-state index < -0.39 is 11.7 Å². The first kappa shape index (κ1) is 52.5. The Labute approximate surface area is 421 Å². The number of carbonyl (C=O) groups excluding carboxylic acids is 1. The molecule has 0 bridgehead atoms. The molecule has 1 amide bonds. The maximum absolute atomic E-state index is 12.9. The van der Waals surface area contributed by atoms with Gasteiger partial charge in [0.15, 0.2) is 0 Å². The number of nitrogens with zero attached hydrogens (tertiary/aromatic N) is 2. The van der Waals surface area contributed by atoms with Crippen molar-refractivity contribution in [2.24, 2.45) is 5.41 Å². The summed E-state index contributed by atoms with van der Waals surface area (Å²) in [5.41, 5.74) is 6.40. The second-order valence-corrected chi connectivity index (χ2v) is 20.4. The van der Waals surface area contributed by atoms with Crippen LogP contribution in [0.4, 0.5) is 10.5 Å². The third-order valence-electron chi connectivity index (χ3n) is 13.7. The van der Waals surface area contributed by atoms with Crippen LogP contribution in [0.5, 0.6) is 5.75 Å². The van der Waals surface area contributed by atoms with Gasteiger partial charge in [0.1, 0.15) is 24.8 Å². The van der Waals surface area contributed by atoms with E-state index in [4.69, 9.17) is 18.3 Å². The second kappa shape index (κ2) is 27.3. The predicted molar refractivity (Wildman–Crippen MR) is 287 cm³/mol. The quantitative estimate of drug-likeness (QED) is 0.0299. The molecule has 0 saturated carbocycles. The molecular weight excluding hydrogens is 905 g/mol. The van der Waals surface area contributed by atoms with Gasteiger partial charge in [-0.25, -0.2) is 4.79 Å². The van der Waals surface area contributed by atoms with E-state index in [9.17, 15) is 9.59 Å². The topological polar surface area (TPSA) is 105 Å². The Morgan fingerprint density at radius 3 is 2.04 bits per heavy atom. The molecule has 0 spiro atoms. The number of likely N-dealkylation sites (tertiary alicyclic amines) is 1. The number of unbranched alkanes of at least 4 members (excludes halogenated alkanes) is 6. The molecule has 1 aliphatic rings. The standard InChI is InChI=1S/C58H72N4O6Si2/c1-58(2,56(67-69-3)68-70-4)51(49-31-33-53(55-50(49)32-34-54(63)60-55)65-43-45-25-15-11-16-26-45)42-62(41-44-23-13-10-14-24-44)38-22-9-7-5-6-8-21-37-61-39-35-47(36-40-61)66-57(64)59-52-30-20-19-29-48(52)46-27-17-12-18-28-46/h10-20,23-34,47,51,56H,5-9,21-22,35-43H2,1-4H3,(H,59,64)(H,60,63)/t51-/m1/s1. The van der Waals surface area contributed by atoms with Gasteiger partial charge >= 0.3 is 6.09 Å². The minimum absolute atomic E-state index is 0.0170. The van der Waals surface area contributed by atoms with Crippen molar-refractivity contribution in [3.8, 4) is 16.9 Å². The molecule has 6 aromatic rings. The van der Waals surface area contributed by atoms with Crippen LogP contribution in [0.15, 0.2) is 144 Å². The zero-order chi connectivity index (χ0) is 49.0. The van der Waals surface area contributed by atoms with E-state index in [-0.39, 0.29) is 43.2 Å². The van der Waals surface area contributed by atoms with Crippen LogP contribution in [-0.4, -0.2) is 85.5 Å². The summed E-state index contributed by atoms with van der Waals surface area (Å²) < 4.78 is 25.1. The van der Waals surface area contributed by atoms with Crippen LogP contribution in [0.3, 0.4) is 0 Å². The third-order valence-corrected chi connectivity index (χ3v) is 14.6. The number of fused-ring (bicyclic) bond motifs is 1. The first-order valence-electron chi connectivity index (χ1n) is 25.3. The molecule has 4 radical (unpaired) electrons. The van der Waals surface area contributed by atoms with Gasteiger partial charge in [-0.1, -0.05) is 161 Å². The number of para-hydroxylation sites is 1. The van der Waals surface area contributed by atoms with Crippen LogP contribution in [0, 0.1) is 5.41 Å². The average molecular weight is 977 g/mol. The molecule has 2 N–H and O–H groups in total. The number of anilines is 1. The van der Waals surface area contributed by atoms with Crippen molar-refractivity contribution in [3.05, 3.63) is 167 Å². The molecule has 10 nitrogen and oxygen atoms in total. The summed E-state index contributed by atoms with van der Waals surface area (Å²) in [4.78, 5) is 34.1. The summed E-state index contributed by atoms with van der Waals surface area (Å²) in [6, 6.07) is 46.7. The Kier molecular flexibility index (Phi) is 20.5. The lowest BCUT2D eigenvalue weighted by molar-refractivity contribution is -0.0939. The van der Waals surface area contributed by atoms with Crippen LogP contribution in [0.2, 0.25) is 13.1 Å². The van der Waals surface area contributed by atoms with Crippen molar-refractivity contribution in [1.29, 1.82) is 0 Å². The SMILES string of the molecule is C[Si]OC(O[Si]C)C(C)(C)[C@H](CN(CCCCCCCCCN1CCC(OC(=O)Nc2ccccc2-c2ccccc2)CC1)Cc1ccccc1)c1ccc(OCc2ccccc2)c2[nH]c(=O)ccc12. The highest BCUT2D eigenvalue weighted by Crippen LogP contribution is 2.44. The number of piperidine rings is 1. The largest absolute Gasteiger partial charge is 0.487 e. The highest BCUT2D eigenvalue weighted by Gasteiger charge is 2.41. The first-order chi connectivity index (χ1) is 34.2. The van der Waals surface area contributed by atoms with E-state index in [1.807, 2.05) is 97.1 Å². The molecule has 0 unspecified atom stereocenters. The second-order valence-electron chi connectivity index (χ2n) is 19.1. The maximum Gasteiger partial charge on any atom is 0.411 e. The Balaban J connectivity index is 0.909. The van der Waals surface area contributed by atoms with Crippen molar-refractivity contribution < 1.29 is 23.1 Å². The van der Waals surface area contributed by atoms with Gasteiger partial charge in [-0.3, -0.25) is 15.0 Å². The molecule has 0 aliphatic carbocycles. The van der Waals surface area contributed by atoms with E-state index in [0.717, 1.165) is 91.9 Å². The van der Waals surface area contributed by atoms with Gasteiger partial charge in [0.25, 0.3) is 0 Å². The normalized spacial score (nSPS) is 14.0. The Morgan fingerprint density at radius 2 is 1.36 bits per heavy atom. The number of ether oxygens (including phenoxy) is 2. The summed E-state index contributed by atoms with van der Waals surface area (Å²) in [7, 11) is 0.557. The van der Waals surface area contributed by atoms with Crippen molar-refractivity contribution in [3.63, 3.8) is 0 Å². The molecule has 12 heteroatoms. The van der Waals surface area contributed by atoms with Gasteiger partial charge in [-0.15, -0.1) is 0 Å². The van der Waals surface area contributed by atoms with Crippen LogP contribution in [-0.2, 0) is 26.7 Å². The van der Waals surface area contributed by atoms with Crippen molar-refractivity contribution in [1.82, 2.24) is 14.8 Å². The zero-order valence-corrected chi connectivity index (χ0v) is 43.7. The lowest BCUT2D eigenvalue weighted by Gasteiger charge is -2.43. The van der Waals surface area contributed by atoms with E-state index in [1.165, 1.54) is 44.1 Å². The Bertz CT molecular complexity index is 2530. The molecule has 7 rings (SSSR count). The molecule has 1 fully saturated rings. The fourth-order valence-corrected chi connectivity index (χ4v) is 11.0. The van der Waals surface area contributed by atoms with E-state index in [2.05, 4.69) is 83.4 Å². The fraction of sp³-hybridized carbons (Fsp3) is 0.414. The Hall–Kier alpha value is -5.35. The summed E-state index contributed by atoms with van der Waals surface area (Å²) in [5, 5.41) is 3.97. The lowest BCUT2D eigenvalue weighted by atomic mass is 9.72. The maximum atomic E-state index is 12.9. The van der Waals surface area contributed by atoms with Gasteiger partial charge in [0.2, 0.25) is 25.1 Å². The number of benzene rings is 5. The number of hydrogen-bond donors (Lipinski definition) is 2. The molecule has 5 aromatic carbocycles. The summed E-state index contributed by atoms with van der Waals surface area (Å²) in [6.45, 7) is 14.6. The number of aromatic amines is 1. The number of rotatable bonds is 27. The number of hydrogen-bond acceptors (Lipinski definition) is 8. The molecule has 1 aliphatic heterocycles. The molecule has 1 atom stereocenters. The molecule has 2 heterocycles. The molecule has 1 saturated heterocycles. The fourth-order valence-electron chi connectivity index (χ4n) is 9.74. The third kappa shape index (κ3) is 15.3. The van der Waals surface area contributed by atoms with Gasteiger partial charge in [0, 0.05) is 54.5 Å².